The number of piperidine rings is 1. The SMILES string of the molecule is COc1cccc(C2CCCCN2)c1OC1CCOC1. The van der Waals surface area contributed by atoms with Crippen molar-refractivity contribution in [1.29, 1.82) is 0 Å². The topological polar surface area (TPSA) is 39.7 Å². The molecule has 2 unspecified atom stereocenters. The van der Waals surface area contributed by atoms with Crippen LogP contribution in [0, 0.1) is 0 Å². The highest BCUT2D eigenvalue weighted by molar-refractivity contribution is 5.48. The molecular formula is C16H23NO3. The average molecular weight is 277 g/mol. The Morgan fingerprint density at radius 2 is 2.20 bits per heavy atom. The van der Waals surface area contributed by atoms with Crippen LogP contribution in [0.2, 0.25) is 0 Å². The Bertz CT molecular complexity index is 437. The fourth-order valence-electron chi connectivity index (χ4n) is 2.98. The lowest BCUT2D eigenvalue weighted by Gasteiger charge is -2.27. The molecular weight excluding hydrogens is 254 g/mol. The van der Waals surface area contributed by atoms with Crippen molar-refractivity contribution in [3.05, 3.63) is 23.8 Å². The van der Waals surface area contributed by atoms with Gasteiger partial charge in [-0.2, -0.15) is 0 Å². The van der Waals surface area contributed by atoms with Gasteiger partial charge in [0.05, 0.1) is 20.3 Å². The van der Waals surface area contributed by atoms with E-state index in [4.69, 9.17) is 14.2 Å². The first-order valence-corrected chi connectivity index (χ1v) is 7.53. The van der Waals surface area contributed by atoms with Gasteiger partial charge in [0.25, 0.3) is 0 Å². The van der Waals surface area contributed by atoms with Crippen molar-refractivity contribution in [2.75, 3.05) is 26.9 Å². The van der Waals surface area contributed by atoms with E-state index < -0.39 is 0 Å². The van der Waals surface area contributed by atoms with E-state index in [1.807, 2.05) is 12.1 Å². The molecule has 3 rings (SSSR count). The predicted octanol–water partition coefficient (Wildman–Crippen LogP) is 2.68. The molecule has 110 valence electrons. The smallest absolute Gasteiger partial charge is 0.166 e. The number of rotatable bonds is 4. The lowest BCUT2D eigenvalue weighted by atomic mass is 9.96. The second-order valence-corrected chi connectivity index (χ2v) is 5.48. The lowest BCUT2D eigenvalue weighted by Crippen LogP contribution is -2.28. The van der Waals surface area contributed by atoms with Crippen molar-refractivity contribution in [1.82, 2.24) is 5.32 Å². The first-order valence-electron chi connectivity index (χ1n) is 7.53. The van der Waals surface area contributed by atoms with Gasteiger partial charge in [0.15, 0.2) is 11.5 Å². The maximum absolute atomic E-state index is 6.19. The Morgan fingerprint density at radius 1 is 1.25 bits per heavy atom. The van der Waals surface area contributed by atoms with Crippen LogP contribution < -0.4 is 14.8 Å². The predicted molar refractivity (Wildman–Crippen MR) is 77.4 cm³/mol. The molecule has 2 heterocycles. The molecule has 1 aromatic rings. The first-order chi connectivity index (χ1) is 9.88. The van der Waals surface area contributed by atoms with Gasteiger partial charge in [-0.3, -0.25) is 0 Å². The Morgan fingerprint density at radius 3 is 2.90 bits per heavy atom. The minimum absolute atomic E-state index is 0.147. The van der Waals surface area contributed by atoms with Crippen LogP contribution in [-0.4, -0.2) is 33.0 Å². The molecule has 0 aliphatic carbocycles. The molecule has 1 aromatic carbocycles. The van der Waals surface area contributed by atoms with Crippen molar-refractivity contribution in [3.63, 3.8) is 0 Å². The molecule has 1 N–H and O–H groups in total. The molecule has 0 aromatic heterocycles. The summed E-state index contributed by atoms with van der Waals surface area (Å²) in [6.07, 6.45) is 4.78. The summed E-state index contributed by atoms with van der Waals surface area (Å²) < 4.78 is 17.1. The molecule has 0 bridgehead atoms. The van der Waals surface area contributed by atoms with E-state index in [0.717, 1.165) is 37.5 Å². The number of para-hydroxylation sites is 1. The van der Waals surface area contributed by atoms with Gasteiger partial charge in [-0.15, -0.1) is 0 Å². The Kier molecular flexibility index (Phi) is 4.43. The maximum Gasteiger partial charge on any atom is 0.166 e. The van der Waals surface area contributed by atoms with Gasteiger partial charge in [-0.1, -0.05) is 18.6 Å². The van der Waals surface area contributed by atoms with Gasteiger partial charge < -0.3 is 19.5 Å². The summed E-state index contributed by atoms with van der Waals surface area (Å²) in [7, 11) is 1.70. The van der Waals surface area contributed by atoms with Crippen LogP contribution in [0.15, 0.2) is 18.2 Å². The maximum atomic E-state index is 6.19. The number of methoxy groups -OCH3 is 1. The van der Waals surface area contributed by atoms with Crippen molar-refractivity contribution < 1.29 is 14.2 Å². The van der Waals surface area contributed by atoms with E-state index in [-0.39, 0.29) is 6.10 Å². The second-order valence-electron chi connectivity index (χ2n) is 5.48. The zero-order valence-electron chi connectivity index (χ0n) is 12.1. The van der Waals surface area contributed by atoms with Gasteiger partial charge in [0.1, 0.15) is 6.10 Å². The molecule has 4 heteroatoms. The third kappa shape index (κ3) is 2.91. The minimum Gasteiger partial charge on any atom is -0.493 e. The number of nitrogens with one attached hydrogen (secondary N) is 1. The average Bonchev–Trinajstić information content (AvgIpc) is 3.01. The summed E-state index contributed by atoms with van der Waals surface area (Å²) in [4.78, 5) is 0. The molecule has 2 atom stereocenters. The number of benzene rings is 1. The van der Waals surface area contributed by atoms with E-state index in [2.05, 4.69) is 11.4 Å². The number of ether oxygens (including phenoxy) is 3. The molecule has 4 nitrogen and oxygen atoms in total. The number of hydrogen-bond donors (Lipinski definition) is 1. The van der Waals surface area contributed by atoms with Crippen molar-refractivity contribution >= 4 is 0 Å². The second kappa shape index (κ2) is 6.46. The molecule has 2 saturated heterocycles. The summed E-state index contributed by atoms with van der Waals surface area (Å²) in [5.41, 5.74) is 1.22. The van der Waals surface area contributed by atoms with E-state index in [1.54, 1.807) is 7.11 Å². The zero-order valence-corrected chi connectivity index (χ0v) is 12.1. The highest BCUT2D eigenvalue weighted by Gasteiger charge is 2.25. The van der Waals surface area contributed by atoms with Gasteiger partial charge in [-0.25, -0.2) is 0 Å². The molecule has 0 spiro atoms. The van der Waals surface area contributed by atoms with Gasteiger partial charge in [-0.05, 0) is 25.5 Å². The van der Waals surface area contributed by atoms with Crippen LogP contribution in [0.5, 0.6) is 11.5 Å². The van der Waals surface area contributed by atoms with Gasteiger partial charge >= 0.3 is 0 Å². The molecule has 2 aliphatic rings. The molecule has 2 aliphatic heterocycles. The molecule has 2 fully saturated rings. The summed E-state index contributed by atoms with van der Waals surface area (Å²) in [6.45, 7) is 2.54. The Balaban J connectivity index is 1.86. The van der Waals surface area contributed by atoms with Crippen molar-refractivity contribution in [3.8, 4) is 11.5 Å². The summed E-state index contributed by atoms with van der Waals surface area (Å²) in [5, 5.41) is 3.59. The molecule has 0 radical (unpaired) electrons. The van der Waals surface area contributed by atoms with Crippen LogP contribution in [-0.2, 0) is 4.74 Å². The highest BCUT2D eigenvalue weighted by atomic mass is 16.6. The van der Waals surface area contributed by atoms with E-state index in [0.29, 0.717) is 12.6 Å². The summed E-state index contributed by atoms with van der Waals surface area (Å²) in [6, 6.07) is 6.53. The Labute approximate surface area is 120 Å². The zero-order chi connectivity index (χ0) is 13.8. The van der Waals surface area contributed by atoms with Crippen LogP contribution in [0.1, 0.15) is 37.3 Å². The monoisotopic (exact) mass is 277 g/mol. The third-order valence-electron chi connectivity index (χ3n) is 4.09. The largest absolute Gasteiger partial charge is 0.493 e. The summed E-state index contributed by atoms with van der Waals surface area (Å²) in [5.74, 6) is 1.71. The highest BCUT2D eigenvalue weighted by Crippen LogP contribution is 2.38. The fraction of sp³-hybridized carbons (Fsp3) is 0.625. The molecule has 0 amide bonds. The minimum atomic E-state index is 0.147. The van der Waals surface area contributed by atoms with E-state index in [1.165, 1.54) is 18.4 Å². The summed E-state index contributed by atoms with van der Waals surface area (Å²) >= 11 is 0. The molecule has 0 saturated carbocycles. The fourth-order valence-corrected chi connectivity index (χ4v) is 2.98. The van der Waals surface area contributed by atoms with Crippen LogP contribution >= 0.6 is 0 Å². The van der Waals surface area contributed by atoms with Gasteiger partial charge in [0.2, 0.25) is 0 Å². The van der Waals surface area contributed by atoms with Gasteiger partial charge in [0, 0.05) is 18.0 Å². The number of hydrogen-bond acceptors (Lipinski definition) is 4. The van der Waals surface area contributed by atoms with Crippen LogP contribution in [0.3, 0.4) is 0 Å². The van der Waals surface area contributed by atoms with E-state index in [9.17, 15) is 0 Å². The van der Waals surface area contributed by atoms with E-state index >= 15 is 0 Å². The standard InChI is InChI=1S/C16H23NO3/c1-18-15-7-4-5-13(14-6-2-3-9-17-14)16(15)20-12-8-10-19-11-12/h4-5,7,12,14,17H,2-3,6,8-11H2,1H3. The van der Waals surface area contributed by atoms with Crippen LogP contribution in [0.4, 0.5) is 0 Å². The molecule has 20 heavy (non-hydrogen) atoms. The quantitative estimate of drug-likeness (QED) is 0.918. The van der Waals surface area contributed by atoms with Crippen molar-refractivity contribution in [2.45, 2.75) is 37.8 Å². The normalized spacial score (nSPS) is 26.4. The third-order valence-corrected chi connectivity index (χ3v) is 4.09. The van der Waals surface area contributed by atoms with Crippen molar-refractivity contribution in [2.24, 2.45) is 0 Å². The lowest BCUT2D eigenvalue weighted by molar-refractivity contribution is 0.137. The Hall–Kier alpha value is -1.26. The van der Waals surface area contributed by atoms with Crippen LogP contribution in [0.25, 0.3) is 0 Å². The first kappa shape index (κ1) is 13.7.